The molecule has 3 nitrogen and oxygen atoms in total. The van der Waals surface area contributed by atoms with Gasteiger partial charge in [-0.15, -0.1) is 0 Å². The van der Waals surface area contributed by atoms with Crippen LogP contribution in [0.4, 0.5) is 0 Å². The second-order valence-corrected chi connectivity index (χ2v) is 5.99. The van der Waals surface area contributed by atoms with Gasteiger partial charge in [0.2, 0.25) is 0 Å². The van der Waals surface area contributed by atoms with Crippen LogP contribution in [0.2, 0.25) is 0 Å². The van der Waals surface area contributed by atoms with Crippen LogP contribution in [0.15, 0.2) is 18.2 Å². The van der Waals surface area contributed by atoms with Crippen LogP contribution in [-0.4, -0.2) is 27.4 Å². The molecule has 0 heterocycles. The third-order valence-electron chi connectivity index (χ3n) is 2.80. The third-order valence-corrected chi connectivity index (χ3v) is 3.61. The van der Waals surface area contributed by atoms with E-state index in [1.54, 1.807) is 6.26 Å². The number of hydrogen-bond donors (Lipinski definition) is 2. The van der Waals surface area contributed by atoms with Crippen LogP contribution < -0.4 is 5.32 Å². The van der Waals surface area contributed by atoms with Crippen LogP contribution in [0.1, 0.15) is 24.5 Å². The second kappa shape index (κ2) is 6.77. The van der Waals surface area contributed by atoms with Crippen molar-refractivity contribution < 1.29 is 9.32 Å². The maximum absolute atomic E-state index is 11.0. The van der Waals surface area contributed by atoms with E-state index in [4.69, 9.17) is 0 Å². The number of aryl methyl sites for hydroxylation is 1. The van der Waals surface area contributed by atoms with E-state index in [1.165, 1.54) is 0 Å². The summed E-state index contributed by atoms with van der Waals surface area (Å²) in [7, 11) is -0.732. The summed E-state index contributed by atoms with van der Waals surface area (Å²) in [6, 6.07) is 6.05. The molecule has 0 fully saturated rings. The number of hydrogen-bond acceptors (Lipinski definition) is 3. The average Bonchev–Trinajstić information content (AvgIpc) is 2.28. The zero-order valence-electron chi connectivity index (χ0n) is 10.7. The molecule has 0 spiro atoms. The Labute approximate surface area is 106 Å². The Hall–Kier alpha value is -0.870. The molecule has 1 rings (SSSR count). The summed E-state index contributed by atoms with van der Waals surface area (Å²) in [4.78, 5) is 0. The SMILES string of the molecule is Cc1cccc(CNC(C)CCS(C)=O)c1O. The van der Waals surface area contributed by atoms with E-state index in [-0.39, 0.29) is 0 Å². The van der Waals surface area contributed by atoms with Gasteiger partial charge < -0.3 is 10.4 Å². The third kappa shape index (κ3) is 4.88. The van der Waals surface area contributed by atoms with E-state index in [1.807, 2.05) is 25.1 Å². The molecular weight excluding hydrogens is 234 g/mol. The predicted octanol–water partition coefficient (Wildman–Crippen LogP) is 1.95. The molecule has 0 saturated carbocycles. The van der Waals surface area contributed by atoms with Gasteiger partial charge in [-0.1, -0.05) is 18.2 Å². The summed E-state index contributed by atoms with van der Waals surface area (Å²) in [5.74, 6) is 1.08. The van der Waals surface area contributed by atoms with Crippen LogP contribution in [-0.2, 0) is 17.3 Å². The molecule has 4 heteroatoms. The Kier molecular flexibility index (Phi) is 5.65. The zero-order valence-corrected chi connectivity index (χ0v) is 11.5. The van der Waals surface area contributed by atoms with E-state index in [9.17, 15) is 9.32 Å². The van der Waals surface area contributed by atoms with E-state index in [0.29, 0.717) is 24.1 Å². The summed E-state index contributed by atoms with van der Waals surface area (Å²) in [5.41, 5.74) is 1.81. The minimum atomic E-state index is -0.732. The fourth-order valence-electron chi connectivity index (χ4n) is 1.59. The van der Waals surface area contributed by atoms with Gasteiger partial charge >= 0.3 is 0 Å². The largest absolute Gasteiger partial charge is 0.507 e. The molecule has 0 amide bonds. The molecule has 2 unspecified atom stereocenters. The molecule has 0 saturated heterocycles. The minimum Gasteiger partial charge on any atom is -0.507 e. The molecule has 0 aromatic heterocycles. The molecule has 1 aromatic carbocycles. The predicted molar refractivity (Wildman–Crippen MR) is 72.7 cm³/mol. The van der Waals surface area contributed by atoms with Crippen molar-refractivity contribution in [1.82, 2.24) is 5.32 Å². The van der Waals surface area contributed by atoms with E-state index >= 15 is 0 Å². The van der Waals surface area contributed by atoms with Gasteiger partial charge in [-0.3, -0.25) is 4.21 Å². The van der Waals surface area contributed by atoms with E-state index in [2.05, 4.69) is 12.2 Å². The van der Waals surface area contributed by atoms with Crippen molar-refractivity contribution in [3.05, 3.63) is 29.3 Å². The van der Waals surface area contributed by atoms with Crippen LogP contribution in [0.5, 0.6) is 5.75 Å². The van der Waals surface area contributed by atoms with Crippen molar-refractivity contribution in [2.75, 3.05) is 12.0 Å². The zero-order chi connectivity index (χ0) is 12.8. The summed E-state index contributed by atoms with van der Waals surface area (Å²) >= 11 is 0. The lowest BCUT2D eigenvalue weighted by Crippen LogP contribution is -2.27. The second-order valence-electron chi connectivity index (χ2n) is 4.43. The van der Waals surface area contributed by atoms with Gasteiger partial charge in [-0.25, -0.2) is 0 Å². The molecular formula is C13H21NO2S. The highest BCUT2D eigenvalue weighted by molar-refractivity contribution is 7.84. The lowest BCUT2D eigenvalue weighted by atomic mass is 10.1. The number of phenols is 1. The van der Waals surface area contributed by atoms with Gasteiger partial charge in [-0.05, 0) is 25.8 Å². The smallest absolute Gasteiger partial charge is 0.122 e. The van der Waals surface area contributed by atoms with Crippen molar-refractivity contribution in [3.63, 3.8) is 0 Å². The van der Waals surface area contributed by atoms with Crippen molar-refractivity contribution >= 4 is 10.8 Å². The van der Waals surface area contributed by atoms with Gasteiger partial charge in [-0.2, -0.15) is 0 Å². The molecule has 2 atom stereocenters. The van der Waals surface area contributed by atoms with Crippen LogP contribution in [0.3, 0.4) is 0 Å². The number of benzene rings is 1. The maximum atomic E-state index is 11.0. The number of para-hydroxylation sites is 1. The quantitative estimate of drug-likeness (QED) is 0.817. The number of aromatic hydroxyl groups is 1. The van der Waals surface area contributed by atoms with Crippen molar-refractivity contribution in [2.45, 2.75) is 32.9 Å². The maximum Gasteiger partial charge on any atom is 0.122 e. The molecule has 2 N–H and O–H groups in total. The Morgan fingerprint density at radius 2 is 2.18 bits per heavy atom. The molecule has 1 aromatic rings. The van der Waals surface area contributed by atoms with Crippen molar-refractivity contribution in [1.29, 1.82) is 0 Å². The summed E-state index contributed by atoms with van der Waals surface area (Å²) in [6.45, 7) is 4.60. The van der Waals surface area contributed by atoms with Gasteiger partial charge in [0.25, 0.3) is 0 Å². The van der Waals surface area contributed by atoms with Gasteiger partial charge in [0.1, 0.15) is 5.75 Å². The first-order valence-corrected chi connectivity index (χ1v) is 7.54. The normalized spacial score (nSPS) is 14.5. The standard InChI is InChI=1S/C13H21NO2S/c1-10-5-4-6-12(13(10)15)9-14-11(2)7-8-17(3)16/h4-6,11,14-15H,7-9H2,1-3H3. The number of nitrogens with one attached hydrogen (secondary N) is 1. The Morgan fingerprint density at radius 1 is 1.47 bits per heavy atom. The summed E-state index contributed by atoms with van der Waals surface area (Å²) in [5, 5.41) is 13.2. The first-order valence-electron chi connectivity index (χ1n) is 5.81. The highest BCUT2D eigenvalue weighted by Gasteiger charge is 2.06. The summed E-state index contributed by atoms with van der Waals surface area (Å²) < 4.78 is 11.0. The molecule has 0 aliphatic rings. The van der Waals surface area contributed by atoms with E-state index < -0.39 is 10.8 Å². The van der Waals surface area contributed by atoms with Gasteiger partial charge in [0.15, 0.2) is 0 Å². The average molecular weight is 255 g/mol. The summed E-state index contributed by atoms with van der Waals surface area (Å²) in [6.07, 6.45) is 2.61. The molecule has 96 valence electrons. The first kappa shape index (κ1) is 14.2. The fourth-order valence-corrected chi connectivity index (χ4v) is 2.28. The lowest BCUT2D eigenvalue weighted by molar-refractivity contribution is 0.454. The molecule has 0 radical (unpaired) electrons. The van der Waals surface area contributed by atoms with Crippen molar-refractivity contribution in [3.8, 4) is 5.75 Å². The number of rotatable bonds is 6. The Balaban J connectivity index is 2.44. The highest BCUT2D eigenvalue weighted by atomic mass is 32.2. The van der Waals surface area contributed by atoms with Crippen LogP contribution in [0.25, 0.3) is 0 Å². The first-order chi connectivity index (χ1) is 8.00. The van der Waals surface area contributed by atoms with Crippen molar-refractivity contribution in [2.24, 2.45) is 0 Å². The molecule has 17 heavy (non-hydrogen) atoms. The van der Waals surface area contributed by atoms with Crippen LogP contribution >= 0.6 is 0 Å². The van der Waals surface area contributed by atoms with E-state index in [0.717, 1.165) is 17.5 Å². The molecule has 0 bridgehead atoms. The lowest BCUT2D eigenvalue weighted by Gasteiger charge is -2.14. The Bertz CT molecular complexity index is 393. The monoisotopic (exact) mass is 255 g/mol. The Morgan fingerprint density at radius 3 is 2.82 bits per heavy atom. The molecule has 0 aliphatic carbocycles. The minimum absolute atomic E-state index is 0.304. The number of phenolic OH excluding ortho intramolecular Hbond substituents is 1. The topological polar surface area (TPSA) is 49.3 Å². The van der Waals surface area contributed by atoms with Crippen LogP contribution in [0, 0.1) is 6.92 Å². The van der Waals surface area contributed by atoms with Gasteiger partial charge in [0.05, 0.1) is 0 Å². The highest BCUT2D eigenvalue weighted by Crippen LogP contribution is 2.21. The van der Waals surface area contributed by atoms with Gasteiger partial charge in [0, 0.05) is 41.0 Å². The molecule has 0 aliphatic heterocycles. The fraction of sp³-hybridized carbons (Fsp3) is 0.538.